The normalized spacial score (nSPS) is 32.1. The van der Waals surface area contributed by atoms with E-state index in [0.29, 0.717) is 12.0 Å². The van der Waals surface area contributed by atoms with E-state index >= 15 is 0 Å². The summed E-state index contributed by atoms with van der Waals surface area (Å²) < 4.78 is 11.5. The number of urea groups is 1. The Morgan fingerprint density at radius 2 is 2.09 bits per heavy atom. The average Bonchev–Trinajstić information content (AvgIpc) is 2.80. The Morgan fingerprint density at radius 1 is 1.26 bits per heavy atom. The Hall–Kier alpha value is -2.33. The molecule has 3 heterocycles. The highest BCUT2D eigenvalue weighted by Crippen LogP contribution is 2.32. The lowest BCUT2D eigenvalue weighted by atomic mass is 10.1. The Morgan fingerprint density at radius 3 is 2.91 bits per heavy atom. The fourth-order valence-electron chi connectivity index (χ4n) is 2.98. The lowest BCUT2D eigenvalue weighted by molar-refractivity contribution is -0.0472. The van der Waals surface area contributed by atoms with Gasteiger partial charge in [0.05, 0.1) is 18.3 Å². The number of amides is 2. The minimum absolute atomic E-state index is 0.233. The van der Waals surface area contributed by atoms with Gasteiger partial charge < -0.3 is 19.9 Å². The van der Waals surface area contributed by atoms with Crippen molar-refractivity contribution >= 4 is 6.03 Å². The van der Waals surface area contributed by atoms with E-state index in [9.17, 15) is 9.90 Å². The number of hydrogen-bond acceptors (Lipinski definition) is 4. The molecule has 3 aliphatic heterocycles. The molecule has 0 unspecified atom stereocenters. The quantitative estimate of drug-likeness (QED) is 0.695. The lowest BCUT2D eigenvalue weighted by Crippen LogP contribution is -2.54. The second-order valence-electron chi connectivity index (χ2n) is 5.69. The largest absolute Gasteiger partial charge is 0.390 e. The van der Waals surface area contributed by atoms with Gasteiger partial charge in [0.2, 0.25) is 0 Å². The van der Waals surface area contributed by atoms with Crippen molar-refractivity contribution in [1.82, 2.24) is 10.2 Å². The van der Waals surface area contributed by atoms with Gasteiger partial charge in [0.15, 0.2) is 6.23 Å². The number of fused-ring (bicyclic) bond motifs is 4. The van der Waals surface area contributed by atoms with Gasteiger partial charge in [-0.1, -0.05) is 30.0 Å². The van der Waals surface area contributed by atoms with Crippen molar-refractivity contribution < 1.29 is 19.4 Å². The first kappa shape index (κ1) is 14.3. The van der Waals surface area contributed by atoms with Crippen molar-refractivity contribution in [3.8, 4) is 11.8 Å². The number of ether oxygens (including phenoxy) is 2. The van der Waals surface area contributed by atoms with Crippen LogP contribution in [0, 0.1) is 11.8 Å². The summed E-state index contributed by atoms with van der Waals surface area (Å²) in [4.78, 5) is 13.7. The molecule has 6 heteroatoms. The van der Waals surface area contributed by atoms with Crippen molar-refractivity contribution in [1.29, 1.82) is 0 Å². The number of rotatable bonds is 0. The Labute approximate surface area is 133 Å². The third kappa shape index (κ3) is 2.59. The predicted octanol–water partition coefficient (Wildman–Crippen LogP) is 0.779. The van der Waals surface area contributed by atoms with Gasteiger partial charge in [-0.2, -0.15) is 0 Å². The molecule has 2 saturated heterocycles. The monoisotopic (exact) mass is 312 g/mol. The van der Waals surface area contributed by atoms with Gasteiger partial charge in [-0.25, -0.2) is 4.79 Å². The zero-order valence-electron chi connectivity index (χ0n) is 12.3. The molecule has 4 rings (SSSR count). The van der Waals surface area contributed by atoms with Crippen LogP contribution < -0.4 is 5.32 Å². The third-order valence-corrected chi connectivity index (χ3v) is 4.16. The van der Waals surface area contributed by atoms with Gasteiger partial charge in [0, 0.05) is 18.2 Å². The maximum Gasteiger partial charge on any atom is 0.325 e. The maximum absolute atomic E-state index is 12.2. The molecule has 0 saturated carbocycles. The summed E-state index contributed by atoms with van der Waals surface area (Å²) in [6.07, 6.45) is -0.126. The lowest BCUT2D eigenvalue weighted by Gasteiger charge is -2.36. The van der Waals surface area contributed by atoms with Crippen LogP contribution >= 0.6 is 0 Å². The Bertz CT molecular complexity index is 706. The summed E-state index contributed by atoms with van der Waals surface area (Å²) in [5.41, 5.74) is 1.55. The van der Waals surface area contributed by atoms with E-state index in [1.54, 1.807) is 6.20 Å². The van der Waals surface area contributed by atoms with Crippen LogP contribution in [-0.4, -0.2) is 47.3 Å². The van der Waals surface area contributed by atoms with Crippen LogP contribution in [0.4, 0.5) is 4.79 Å². The fourth-order valence-corrected chi connectivity index (χ4v) is 2.98. The molecule has 0 aliphatic carbocycles. The first-order chi connectivity index (χ1) is 11.2. The minimum atomic E-state index is -0.612. The molecule has 2 fully saturated rings. The standard InChI is InChI=1S/C17H16N2O4/c20-13-8-15-19-16(22-10-14(13)23-15)12(9-18-17(19)21)7-6-11-4-2-1-3-5-11/h1-5,9,13-16,20H,8,10H2,(H,18,21)/t13-,14+,15-,16+/m0/s1. The first-order valence-corrected chi connectivity index (χ1v) is 7.53. The summed E-state index contributed by atoms with van der Waals surface area (Å²) in [6.45, 7) is 0.233. The molecule has 23 heavy (non-hydrogen) atoms. The van der Waals surface area contributed by atoms with Gasteiger partial charge in [0.1, 0.15) is 12.3 Å². The molecule has 2 N–H and O–H groups in total. The molecule has 1 aromatic rings. The van der Waals surface area contributed by atoms with E-state index in [-0.39, 0.29) is 12.6 Å². The van der Waals surface area contributed by atoms with Crippen LogP contribution in [0.3, 0.4) is 0 Å². The van der Waals surface area contributed by atoms with E-state index in [4.69, 9.17) is 9.47 Å². The number of benzene rings is 1. The maximum atomic E-state index is 12.2. The zero-order valence-corrected chi connectivity index (χ0v) is 12.3. The molecule has 118 valence electrons. The van der Waals surface area contributed by atoms with E-state index in [2.05, 4.69) is 17.2 Å². The van der Waals surface area contributed by atoms with Gasteiger partial charge in [-0.15, -0.1) is 0 Å². The van der Waals surface area contributed by atoms with Gasteiger partial charge in [-0.05, 0) is 12.1 Å². The summed E-state index contributed by atoms with van der Waals surface area (Å²) in [7, 11) is 0. The molecule has 0 spiro atoms. The molecule has 0 aromatic heterocycles. The highest BCUT2D eigenvalue weighted by atomic mass is 16.6. The topological polar surface area (TPSA) is 71.0 Å². The zero-order chi connectivity index (χ0) is 15.8. The van der Waals surface area contributed by atoms with E-state index < -0.39 is 24.7 Å². The summed E-state index contributed by atoms with van der Waals surface area (Å²) >= 11 is 0. The van der Waals surface area contributed by atoms with Gasteiger partial charge >= 0.3 is 6.03 Å². The van der Waals surface area contributed by atoms with Gasteiger partial charge in [0.25, 0.3) is 0 Å². The van der Waals surface area contributed by atoms with Gasteiger partial charge in [-0.3, -0.25) is 4.90 Å². The molecule has 1 aromatic carbocycles. The second-order valence-corrected chi connectivity index (χ2v) is 5.69. The average molecular weight is 312 g/mol. The number of aliphatic hydroxyl groups excluding tert-OH is 1. The Kier molecular flexibility index (Phi) is 3.54. The number of aliphatic hydroxyl groups is 1. The molecule has 6 nitrogen and oxygen atoms in total. The summed E-state index contributed by atoms with van der Waals surface area (Å²) in [5, 5.41) is 12.6. The van der Waals surface area contributed by atoms with Crippen molar-refractivity contribution in [3.63, 3.8) is 0 Å². The van der Waals surface area contributed by atoms with Crippen LogP contribution in [0.25, 0.3) is 0 Å². The minimum Gasteiger partial charge on any atom is -0.390 e. The molecule has 4 atom stereocenters. The van der Waals surface area contributed by atoms with Crippen LogP contribution in [-0.2, 0) is 9.47 Å². The number of carbonyl (C=O) groups excluding carboxylic acids is 1. The third-order valence-electron chi connectivity index (χ3n) is 4.16. The molecular weight excluding hydrogens is 296 g/mol. The van der Waals surface area contributed by atoms with Crippen molar-refractivity contribution in [2.45, 2.75) is 31.1 Å². The first-order valence-electron chi connectivity index (χ1n) is 7.53. The number of nitrogens with zero attached hydrogens (tertiary/aromatic N) is 1. The van der Waals surface area contributed by atoms with Crippen molar-refractivity contribution in [2.24, 2.45) is 0 Å². The van der Waals surface area contributed by atoms with Crippen molar-refractivity contribution in [3.05, 3.63) is 47.7 Å². The highest BCUT2D eigenvalue weighted by molar-refractivity contribution is 5.78. The summed E-state index contributed by atoms with van der Waals surface area (Å²) in [5.74, 6) is 6.14. The van der Waals surface area contributed by atoms with Crippen LogP contribution in [0.5, 0.6) is 0 Å². The van der Waals surface area contributed by atoms with Crippen LogP contribution in [0.2, 0.25) is 0 Å². The van der Waals surface area contributed by atoms with Crippen LogP contribution in [0.15, 0.2) is 42.1 Å². The summed E-state index contributed by atoms with van der Waals surface area (Å²) in [6, 6.07) is 9.30. The predicted molar refractivity (Wildman–Crippen MR) is 80.8 cm³/mol. The number of nitrogens with one attached hydrogen (secondary N) is 1. The number of carbonyl (C=O) groups is 1. The molecular formula is C17H16N2O4. The van der Waals surface area contributed by atoms with E-state index in [1.807, 2.05) is 30.3 Å². The second kappa shape index (κ2) is 5.70. The van der Waals surface area contributed by atoms with Crippen molar-refractivity contribution in [2.75, 3.05) is 6.61 Å². The smallest absolute Gasteiger partial charge is 0.325 e. The van der Waals surface area contributed by atoms with E-state index in [0.717, 1.165) is 5.56 Å². The molecule has 2 bridgehead atoms. The Balaban J connectivity index is 1.63. The molecule has 0 radical (unpaired) electrons. The SMILES string of the molecule is O=C1NC=C(C#Cc2ccccc2)[C@H]2OC[C@H]3O[C@@H](C[C@@H]3O)N12. The fraction of sp³-hybridized carbons (Fsp3) is 0.353. The number of hydrogen-bond donors (Lipinski definition) is 2. The van der Waals surface area contributed by atoms with Crippen LogP contribution in [0.1, 0.15) is 12.0 Å². The van der Waals surface area contributed by atoms with E-state index in [1.165, 1.54) is 4.90 Å². The molecule has 2 amide bonds. The molecule has 3 aliphatic rings. The highest BCUT2D eigenvalue weighted by Gasteiger charge is 2.47.